The summed E-state index contributed by atoms with van der Waals surface area (Å²) in [6, 6.07) is 0.888. The van der Waals surface area contributed by atoms with Gasteiger partial charge in [0.1, 0.15) is 54.1 Å². The average molecular weight is 653 g/mol. The van der Waals surface area contributed by atoms with Gasteiger partial charge in [-0.05, 0) is 6.92 Å². The molecule has 22 nitrogen and oxygen atoms in total. The number of H-pyrrole nitrogens is 1. The summed E-state index contributed by atoms with van der Waals surface area (Å²) in [4.78, 5) is 66.1. The number of nitrogens with two attached hydrogens (primary N) is 1. The van der Waals surface area contributed by atoms with Gasteiger partial charge in [0, 0.05) is 12.3 Å². The van der Waals surface area contributed by atoms with Crippen molar-refractivity contribution < 1.29 is 62.5 Å². The van der Waals surface area contributed by atoms with Crippen LogP contribution in [0.15, 0.2) is 34.5 Å². The number of imidazole rings is 1. The van der Waals surface area contributed by atoms with E-state index in [1.54, 1.807) is 0 Å². The molecular weight excluding hydrogens is 628 g/mol. The largest absolute Gasteiger partial charge is 0.481 e. The predicted molar refractivity (Wildman–Crippen MR) is 135 cm³/mol. The molecule has 0 bridgehead atoms. The molecule has 0 saturated carbocycles. The molecule has 5 rings (SSSR count). The Kier molecular flexibility index (Phi) is 7.97. The number of ether oxygens (including phenoxy) is 2. The van der Waals surface area contributed by atoms with E-state index in [1.807, 2.05) is 4.98 Å². The number of phosphoric acid groups is 2. The number of aromatic nitrogens is 6. The highest BCUT2D eigenvalue weighted by Crippen LogP contribution is 2.61. The monoisotopic (exact) mass is 653 g/mol. The van der Waals surface area contributed by atoms with E-state index in [2.05, 4.69) is 19.3 Å². The van der Waals surface area contributed by atoms with Crippen LogP contribution in [-0.4, -0.2) is 106 Å². The van der Waals surface area contributed by atoms with Crippen molar-refractivity contribution in [3.63, 3.8) is 0 Å². The van der Waals surface area contributed by atoms with E-state index in [-0.39, 0.29) is 17.0 Å². The Morgan fingerprint density at radius 1 is 0.953 bits per heavy atom. The molecule has 0 aromatic carbocycles. The Labute approximate surface area is 237 Å². The lowest BCUT2D eigenvalue weighted by atomic mass is 9.85. The number of aliphatic hydroxyl groups is 4. The third-order valence-electron chi connectivity index (χ3n) is 6.91. The zero-order chi connectivity index (χ0) is 31.6. The maximum atomic E-state index is 12.8. The molecule has 3 unspecified atom stereocenters. The Hall–Kier alpha value is -2.95. The molecule has 3 aromatic rings. The number of nitrogens with one attached hydrogen (secondary N) is 1. The van der Waals surface area contributed by atoms with Crippen molar-refractivity contribution in [3.05, 3.63) is 45.8 Å². The van der Waals surface area contributed by atoms with Gasteiger partial charge in [-0.15, -0.1) is 0 Å². The number of nitrogens with zero attached hydrogens (tertiary/aromatic N) is 5. The van der Waals surface area contributed by atoms with Crippen molar-refractivity contribution in [1.29, 1.82) is 0 Å². The summed E-state index contributed by atoms with van der Waals surface area (Å²) in [5.74, 6) is -0.0442. The van der Waals surface area contributed by atoms with Crippen LogP contribution >= 0.6 is 15.6 Å². The Bertz CT molecular complexity index is 1740. The molecule has 2 aliphatic rings. The van der Waals surface area contributed by atoms with Gasteiger partial charge in [-0.2, -0.15) is 4.31 Å². The topological polar surface area (TPSA) is 337 Å². The van der Waals surface area contributed by atoms with Gasteiger partial charge in [-0.25, -0.2) is 28.9 Å². The number of anilines is 1. The molecule has 10 N–H and O–H groups in total. The first-order chi connectivity index (χ1) is 19.9. The van der Waals surface area contributed by atoms with Gasteiger partial charge in [-0.3, -0.25) is 23.4 Å². The van der Waals surface area contributed by atoms with Crippen molar-refractivity contribution in [3.8, 4) is 0 Å². The fraction of sp³-hybridized carbons (Fsp3) is 0.526. The van der Waals surface area contributed by atoms with Gasteiger partial charge in [0.05, 0.1) is 6.33 Å². The third-order valence-corrected chi connectivity index (χ3v) is 9.22. The molecule has 5 heterocycles. The van der Waals surface area contributed by atoms with Gasteiger partial charge < -0.3 is 50.3 Å². The fourth-order valence-corrected chi connectivity index (χ4v) is 6.99. The minimum absolute atomic E-state index is 0.0229. The quantitative estimate of drug-likeness (QED) is 0.105. The zero-order valence-electron chi connectivity index (χ0n) is 21.5. The molecular formula is C19H25N7O15P2. The molecule has 2 fully saturated rings. The van der Waals surface area contributed by atoms with Crippen LogP contribution in [0.1, 0.15) is 19.4 Å². The van der Waals surface area contributed by atoms with E-state index in [9.17, 15) is 44.0 Å². The number of aromatic amines is 1. The zero-order valence-corrected chi connectivity index (χ0v) is 23.3. The third kappa shape index (κ3) is 5.69. The molecule has 10 atom stereocenters. The van der Waals surface area contributed by atoms with Crippen LogP contribution in [-0.2, 0) is 27.4 Å². The first kappa shape index (κ1) is 31.5. The second-order valence-corrected chi connectivity index (χ2v) is 12.5. The van der Waals surface area contributed by atoms with Gasteiger partial charge >= 0.3 is 21.3 Å². The van der Waals surface area contributed by atoms with Gasteiger partial charge in [0.2, 0.25) is 0 Å². The molecule has 0 radical (unpaired) electrons. The maximum absolute atomic E-state index is 12.8. The number of hydrogen-bond acceptors (Lipinski definition) is 16. The number of rotatable bonds is 8. The van der Waals surface area contributed by atoms with Crippen LogP contribution in [0.25, 0.3) is 11.2 Å². The lowest BCUT2D eigenvalue weighted by Crippen LogP contribution is -2.59. The first-order valence-electron chi connectivity index (χ1n) is 12.0. The number of hydrogen-bond donors (Lipinski definition) is 9. The SMILES string of the molecule is CC(OP(=O)(O)OP(=O)(O)O)(C1O[C@@H](n2ccc(=O)[nH]c2=O)[C@H](O)[C@@H]1O)[C@@H]1O[C@@H](n2cnc3c(N)ncnc32)[C@H](O)[C@@H]1O. The average Bonchev–Trinajstić information content (AvgIpc) is 3.53. The second kappa shape index (κ2) is 10.9. The van der Waals surface area contributed by atoms with E-state index in [0.717, 1.165) is 36.4 Å². The van der Waals surface area contributed by atoms with Gasteiger partial charge in [-0.1, -0.05) is 0 Å². The summed E-state index contributed by atoms with van der Waals surface area (Å²) < 4.78 is 46.4. The van der Waals surface area contributed by atoms with Crippen molar-refractivity contribution in [2.75, 3.05) is 5.73 Å². The first-order valence-corrected chi connectivity index (χ1v) is 15.0. The number of fused-ring (bicyclic) bond motifs is 1. The molecule has 0 aliphatic carbocycles. The van der Waals surface area contributed by atoms with E-state index in [0.29, 0.717) is 4.57 Å². The van der Waals surface area contributed by atoms with Gasteiger partial charge in [0.25, 0.3) is 5.56 Å². The summed E-state index contributed by atoms with van der Waals surface area (Å²) in [6.45, 7) is 0.882. The fourth-order valence-electron chi connectivity index (χ4n) is 5.08. The number of phosphoric ester groups is 1. The number of nitrogen functional groups attached to an aromatic ring is 1. The van der Waals surface area contributed by atoms with E-state index in [4.69, 9.17) is 29.5 Å². The molecule has 3 aromatic heterocycles. The van der Waals surface area contributed by atoms with Crippen LogP contribution in [0.3, 0.4) is 0 Å². The minimum Gasteiger partial charge on any atom is -0.387 e. The summed E-state index contributed by atoms with van der Waals surface area (Å²) in [5, 5.41) is 43.8. The standard InChI is InChI=1S/C19H25N7O15P2/c1-19(40-43(36,37)41-42(33,34)35,12-8(28)10(30)16(38-12)25-3-2-6(27)24-18(25)32)13-9(29)11(31)17(39-13)26-5-23-7-14(20)21-4-22-15(7)26/h2-5,8-13,16-17,28-31H,1H3,(H,36,37)(H2,20,21,22)(H,24,27,32)(H2,33,34,35)/t8-,9-,10+,11+,12?,13+,16+,17+,19?/m0/s1. The molecule has 2 saturated heterocycles. The summed E-state index contributed by atoms with van der Waals surface area (Å²) >= 11 is 0. The number of aliphatic hydroxyl groups excluding tert-OH is 4. The highest BCUT2D eigenvalue weighted by atomic mass is 31.3. The van der Waals surface area contributed by atoms with Crippen LogP contribution in [0, 0.1) is 0 Å². The van der Waals surface area contributed by atoms with Crippen molar-refractivity contribution >= 4 is 32.6 Å². The molecule has 24 heteroatoms. The second-order valence-electron chi connectivity index (χ2n) is 9.77. The van der Waals surface area contributed by atoms with E-state index in [1.165, 1.54) is 0 Å². The van der Waals surface area contributed by atoms with E-state index < -0.39 is 81.6 Å². The highest BCUT2D eigenvalue weighted by Gasteiger charge is 2.64. The van der Waals surface area contributed by atoms with Crippen LogP contribution < -0.4 is 17.0 Å². The lowest BCUT2D eigenvalue weighted by molar-refractivity contribution is -0.197. The molecule has 43 heavy (non-hydrogen) atoms. The lowest BCUT2D eigenvalue weighted by Gasteiger charge is -2.41. The van der Waals surface area contributed by atoms with Crippen molar-refractivity contribution in [2.45, 2.75) is 61.6 Å². The predicted octanol–water partition coefficient (Wildman–Crippen LogP) is -3.82. The Morgan fingerprint density at radius 3 is 2.09 bits per heavy atom. The normalized spacial score (nSPS) is 32.6. The smallest absolute Gasteiger partial charge is 0.387 e. The molecule has 236 valence electrons. The highest BCUT2D eigenvalue weighted by molar-refractivity contribution is 7.60. The van der Waals surface area contributed by atoms with E-state index >= 15 is 0 Å². The van der Waals surface area contributed by atoms with Crippen LogP contribution in [0.5, 0.6) is 0 Å². The van der Waals surface area contributed by atoms with Crippen molar-refractivity contribution in [2.24, 2.45) is 0 Å². The van der Waals surface area contributed by atoms with Gasteiger partial charge in [0.15, 0.2) is 23.9 Å². The summed E-state index contributed by atoms with van der Waals surface area (Å²) in [7, 11) is -11.6. The maximum Gasteiger partial charge on any atom is 0.481 e. The molecule has 0 spiro atoms. The molecule has 2 aliphatic heterocycles. The summed E-state index contributed by atoms with van der Waals surface area (Å²) in [6.07, 6.45) is -12.4. The van der Waals surface area contributed by atoms with Crippen LogP contribution in [0.2, 0.25) is 0 Å². The van der Waals surface area contributed by atoms with Crippen molar-refractivity contribution in [1.82, 2.24) is 29.1 Å². The molecule has 0 amide bonds. The van der Waals surface area contributed by atoms with Crippen LogP contribution in [0.4, 0.5) is 5.82 Å². The Morgan fingerprint density at radius 2 is 1.53 bits per heavy atom. The Balaban J connectivity index is 1.57. The summed E-state index contributed by atoms with van der Waals surface area (Å²) in [5.41, 5.74) is 1.27. The minimum atomic E-state index is -5.85.